The van der Waals surface area contributed by atoms with Crippen LogP contribution in [0.4, 0.5) is 0 Å². The number of rotatable bonds is 0. The topological polar surface area (TPSA) is 20.2 Å². The van der Waals surface area contributed by atoms with E-state index in [0.717, 1.165) is 12.8 Å². The molecule has 1 nitrogen and oxygen atoms in total. The molecule has 0 aromatic rings. The van der Waals surface area contributed by atoms with Gasteiger partial charge in [0.1, 0.15) is 0 Å². The molecule has 2 atom stereocenters. The van der Waals surface area contributed by atoms with Crippen LogP contribution in [0, 0.1) is 5.92 Å². The van der Waals surface area contributed by atoms with Crippen molar-refractivity contribution in [2.75, 3.05) is 0 Å². The Morgan fingerprint density at radius 1 is 1.27 bits per heavy atom. The number of hydrogen-bond donors (Lipinski definition) is 1. The summed E-state index contributed by atoms with van der Waals surface area (Å²) in [6, 6.07) is 0. The van der Waals surface area contributed by atoms with Crippen LogP contribution in [0.1, 0.15) is 38.5 Å². The summed E-state index contributed by atoms with van der Waals surface area (Å²) in [6.07, 6.45) is 11.3. The van der Waals surface area contributed by atoms with Gasteiger partial charge in [-0.25, -0.2) is 0 Å². The Hall–Kier alpha value is -0.300. The third kappa shape index (κ3) is 1.22. The van der Waals surface area contributed by atoms with Gasteiger partial charge in [0.15, 0.2) is 0 Å². The molecule has 0 aromatic heterocycles. The van der Waals surface area contributed by atoms with Gasteiger partial charge in [-0.1, -0.05) is 12.2 Å². The minimum absolute atomic E-state index is 0.312. The Morgan fingerprint density at radius 2 is 2.09 bits per heavy atom. The maximum Gasteiger partial charge on any atom is 0.0710 e. The van der Waals surface area contributed by atoms with Crippen molar-refractivity contribution in [2.45, 2.75) is 44.1 Å². The van der Waals surface area contributed by atoms with E-state index < -0.39 is 0 Å². The largest absolute Gasteiger partial charge is 0.389 e. The van der Waals surface area contributed by atoms with Gasteiger partial charge in [-0.05, 0) is 38.5 Å². The van der Waals surface area contributed by atoms with Crippen LogP contribution in [0.5, 0.6) is 0 Å². The third-order valence-electron chi connectivity index (χ3n) is 3.16. The van der Waals surface area contributed by atoms with Crippen molar-refractivity contribution in [3.05, 3.63) is 12.2 Å². The monoisotopic (exact) mass is 152 g/mol. The molecular formula is C10H16O. The summed E-state index contributed by atoms with van der Waals surface area (Å²) in [7, 11) is 0. The predicted octanol–water partition coefficient (Wildman–Crippen LogP) is 2.26. The van der Waals surface area contributed by atoms with E-state index in [2.05, 4.69) is 12.2 Å². The molecular weight excluding hydrogens is 136 g/mol. The van der Waals surface area contributed by atoms with E-state index >= 15 is 0 Å². The van der Waals surface area contributed by atoms with Gasteiger partial charge in [0, 0.05) is 5.92 Å². The zero-order chi connectivity index (χ0) is 7.73. The molecule has 2 rings (SSSR count). The number of fused-ring (bicyclic) bond motifs is 1. The molecule has 0 amide bonds. The van der Waals surface area contributed by atoms with E-state index in [1.165, 1.54) is 25.7 Å². The fraction of sp³-hybridized carbons (Fsp3) is 0.800. The fourth-order valence-electron chi connectivity index (χ4n) is 2.45. The summed E-state index contributed by atoms with van der Waals surface area (Å²) >= 11 is 0. The lowest BCUT2D eigenvalue weighted by Crippen LogP contribution is -2.30. The molecule has 1 fully saturated rings. The molecule has 1 N–H and O–H groups in total. The second-order valence-electron chi connectivity index (χ2n) is 3.92. The molecule has 0 aromatic carbocycles. The molecule has 1 saturated carbocycles. The highest BCUT2D eigenvalue weighted by molar-refractivity contribution is 5.05. The minimum atomic E-state index is -0.312. The first-order valence-electron chi connectivity index (χ1n) is 4.70. The van der Waals surface area contributed by atoms with Crippen LogP contribution < -0.4 is 0 Å². The van der Waals surface area contributed by atoms with Gasteiger partial charge in [0.25, 0.3) is 0 Å². The molecule has 0 bridgehead atoms. The Kier molecular flexibility index (Phi) is 1.76. The first-order chi connectivity index (χ1) is 5.31. The molecule has 0 spiro atoms. The molecule has 0 saturated heterocycles. The van der Waals surface area contributed by atoms with Crippen LogP contribution in [0.25, 0.3) is 0 Å². The van der Waals surface area contributed by atoms with Crippen LogP contribution >= 0.6 is 0 Å². The second-order valence-corrected chi connectivity index (χ2v) is 3.92. The maximum atomic E-state index is 10.1. The smallest absolute Gasteiger partial charge is 0.0710 e. The van der Waals surface area contributed by atoms with Gasteiger partial charge >= 0.3 is 0 Å². The number of hydrogen-bond acceptors (Lipinski definition) is 1. The van der Waals surface area contributed by atoms with Crippen LogP contribution in [0.15, 0.2) is 12.2 Å². The van der Waals surface area contributed by atoms with Crippen molar-refractivity contribution in [2.24, 2.45) is 5.92 Å². The molecule has 0 unspecified atom stereocenters. The van der Waals surface area contributed by atoms with E-state index in [-0.39, 0.29) is 5.60 Å². The normalized spacial score (nSPS) is 43.5. The zero-order valence-electron chi connectivity index (χ0n) is 6.92. The minimum Gasteiger partial charge on any atom is -0.389 e. The van der Waals surface area contributed by atoms with Crippen LogP contribution in [0.2, 0.25) is 0 Å². The summed E-state index contributed by atoms with van der Waals surface area (Å²) < 4.78 is 0. The summed E-state index contributed by atoms with van der Waals surface area (Å²) in [4.78, 5) is 0. The zero-order valence-corrected chi connectivity index (χ0v) is 6.92. The van der Waals surface area contributed by atoms with Crippen molar-refractivity contribution in [1.82, 2.24) is 0 Å². The highest BCUT2D eigenvalue weighted by Crippen LogP contribution is 2.41. The van der Waals surface area contributed by atoms with Crippen molar-refractivity contribution >= 4 is 0 Å². The van der Waals surface area contributed by atoms with Gasteiger partial charge in [-0.15, -0.1) is 0 Å². The molecule has 2 aliphatic rings. The molecule has 0 radical (unpaired) electrons. The van der Waals surface area contributed by atoms with Gasteiger partial charge < -0.3 is 5.11 Å². The first kappa shape index (κ1) is 7.35. The van der Waals surface area contributed by atoms with Crippen molar-refractivity contribution in [1.29, 1.82) is 0 Å². The van der Waals surface area contributed by atoms with E-state index in [1.807, 2.05) is 0 Å². The Labute approximate surface area is 68.1 Å². The van der Waals surface area contributed by atoms with Crippen LogP contribution in [0.3, 0.4) is 0 Å². The molecule has 11 heavy (non-hydrogen) atoms. The average Bonchev–Trinajstić information content (AvgIpc) is 2.24. The van der Waals surface area contributed by atoms with Crippen molar-refractivity contribution < 1.29 is 5.11 Å². The van der Waals surface area contributed by atoms with Crippen molar-refractivity contribution in [3.63, 3.8) is 0 Å². The van der Waals surface area contributed by atoms with E-state index in [1.54, 1.807) is 0 Å². The Bertz CT molecular complexity index is 174. The number of aliphatic hydroxyl groups is 1. The van der Waals surface area contributed by atoms with Gasteiger partial charge in [-0.2, -0.15) is 0 Å². The fourth-order valence-corrected chi connectivity index (χ4v) is 2.45. The quantitative estimate of drug-likeness (QED) is 0.528. The molecule has 2 aliphatic carbocycles. The average molecular weight is 152 g/mol. The second kappa shape index (κ2) is 2.63. The van der Waals surface area contributed by atoms with Crippen molar-refractivity contribution in [3.8, 4) is 0 Å². The summed E-state index contributed by atoms with van der Waals surface area (Å²) in [5.41, 5.74) is -0.312. The first-order valence-corrected chi connectivity index (χ1v) is 4.70. The highest BCUT2D eigenvalue weighted by atomic mass is 16.3. The van der Waals surface area contributed by atoms with Gasteiger partial charge in [-0.3, -0.25) is 0 Å². The summed E-state index contributed by atoms with van der Waals surface area (Å²) in [5, 5.41) is 10.1. The van der Waals surface area contributed by atoms with E-state index in [4.69, 9.17) is 0 Å². The summed E-state index contributed by atoms with van der Waals surface area (Å²) in [5.74, 6) is 0.477. The molecule has 1 heteroatoms. The van der Waals surface area contributed by atoms with Crippen LogP contribution in [-0.4, -0.2) is 10.7 Å². The van der Waals surface area contributed by atoms with E-state index in [0.29, 0.717) is 5.92 Å². The molecule has 0 heterocycles. The molecule has 62 valence electrons. The Morgan fingerprint density at radius 3 is 3.00 bits per heavy atom. The third-order valence-corrected chi connectivity index (χ3v) is 3.16. The lowest BCUT2D eigenvalue weighted by atomic mass is 9.88. The predicted molar refractivity (Wildman–Crippen MR) is 45.3 cm³/mol. The lowest BCUT2D eigenvalue weighted by molar-refractivity contribution is 0.0114. The lowest BCUT2D eigenvalue weighted by Gasteiger charge is -2.26. The Balaban J connectivity index is 2.18. The van der Waals surface area contributed by atoms with Gasteiger partial charge in [0.2, 0.25) is 0 Å². The highest BCUT2D eigenvalue weighted by Gasteiger charge is 2.39. The summed E-state index contributed by atoms with van der Waals surface area (Å²) in [6.45, 7) is 0. The van der Waals surface area contributed by atoms with E-state index in [9.17, 15) is 5.11 Å². The van der Waals surface area contributed by atoms with Crippen LogP contribution in [-0.2, 0) is 0 Å². The standard InChI is InChI=1S/C10H16O/c11-10-7-3-1-2-5-9(10)6-4-8-10/h2,5,9,11H,1,3-4,6-8H2/t9-,10+/m0/s1. The maximum absolute atomic E-state index is 10.1. The number of allylic oxidation sites excluding steroid dienone is 1. The SMILES string of the molecule is O[C@@]12CCCC=C[C@H]1CCC2. The van der Waals surface area contributed by atoms with Gasteiger partial charge in [0.05, 0.1) is 5.60 Å². The molecule has 0 aliphatic heterocycles.